The van der Waals surface area contributed by atoms with Gasteiger partial charge in [0, 0.05) is 6.42 Å². The van der Waals surface area contributed by atoms with Gasteiger partial charge in [-0.3, -0.25) is 4.52 Å². The van der Waals surface area contributed by atoms with Crippen LogP contribution in [0.15, 0.2) is 38.0 Å². The highest BCUT2D eigenvalue weighted by molar-refractivity contribution is 5.28. The van der Waals surface area contributed by atoms with Crippen LogP contribution in [0.1, 0.15) is 11.5 Å². The van der Waals surface area contributed by atoms with Gasteiger partial charge < -0.3 is 9.15 Å². The number of aryl methyl sites for hydroxylation is 2. The van der Waals surface area contributed by atoms with Crippen molar-refractivity contribution in [3.05, 3.63) is 46.3 Å². The number of ether oxygens (including phenoxy) is 1. The van der Waals surface area contributed by atoms with Gasteiger partial charge in [0.25, 0.3) is 0 Å². The van der Waals surface area contributed by atoms with E-state index in [2.05, 4.69) is 9.68 Å². The second-order valence-corrected chi connectivity index (χ2v) is 3.28. The largest absolute Gasteiger partial charge is 0.542 e. The van der Waals surface area contributed by atoms with Crippen LogP contribution in [-0.2, 0) is 12.8 Å². The zero-order valence-electron chi connectivity index (χ0n) is 8.80. The molecule has 0 radical (unpaired) electrons. The van der Waals surface area contributed by atoms with E-state index in [-0.39, 0.29) is 0 Å². The van der Waals surface area contributed by atoms with Crippen molar-refractivity contribution in [1.29, 1.82) is 0 Å². The van der Waals surface area contributed by atoms with Crippen molar-refractivity contribution in [2.24, 2.45) is 0 Å². The van der Waals surface area contributed by atoms with E-state index in [9.17, 15) is 4.79 Å². The minimum Gasteiger partial charge on any atom is -0.497 e. The third-order valence-electron chi connectivity index (χ3n) is 2.18. The molecule has 0 amide bonds. The highest BCUT2D eigenvalue weighted by Crippen LogP contribution is 2.13. The molecular formula is C11H11NO4. The molecule has 5 heteroatoms. The second-order valence-electron chi connectivity index (χ2n) is 3.28. The predicted octanol–water partition coefficient (Wildman–Crippen LogP) is 1.42. The Morgan fingerprint density at radius 1 is 1.38 bits per heavy atom. The molecule has 2 rings (SSSR count). The maximum absolute atomic E-state index is 10.6. The third-order valence-corrected chi connectivity index (χ3v) is 2.18. The van der Waals surface area contributed by atoms with Gasteiger partial charge in [-0.05, 0) is 29.3 Å². The Hall–Kier alpha value is -2.04. The van der Waals surface area contributed by atoms with Gasteiger partial charge in [0.15, 0.2) is 0 Å². The highest BCUT2D eigenvalue weighted by atomic mass is 16.6. The molecule has 0 unspecified atom stereocenters. The monoisotopic (exact) mass is 221 g/mol. The number of methoxy groups -OCH3 is 1. The van der Waals surface area contributed by atoms with Gasteiger partial charge in [0.2, 0.25) is 5.89 Å². The fourth-order valence-corrected chi connectivity index (χ4v) is 1.40. The Morgan fingerprint density at radius 2 is 2.25 bits per heavy atom. The average Bonchev–Trinajstić information content (AvgIpc) is 2.73. The summed E-state index contributed by atoms with van der Waals surface area (Å²) in [5.74, 6) is 0.354. The van der Waals surface area contributed by atoms with E-state index in [0.717, 1.165) is 11.3 Å². The molecule has 0 atom stereocenters. The molecule has 0 spiro atoms. The predicted molar refractivity (Wildman–Crippen MR) is 55.4 cm³/mol. The van der Waals surface area contributed by atoms with E-state index >= 15 is 0 Å². The van der Waals surface area contributed by atoms with Gasteiger partial charge in [-0.1, -0.05) is 12.1 Å². The summed E-state index contributed by atoms with van der Waals surface area (Å²) in [7, 11) is 1.62. The lowest BCUT2D eigenvalue weighted by atomic mass is 10.1. The topological polar surface area (TPSA) is 65.5 Å². The Morgan fingerprint density at radius 3 is 2.94 bits per heavy atom. The Labute approximate surface area is 91.6 Å². The van der Waals surface area contributed by atoms with Gasteiger partial charge in [0.1, 0.15) is 5.75 Å². The van der Waals surface area contributed by atoms with Gasteiger partial charge in [0.05, 0.1) is 7.11 Å². The molecule has 84 valence electrons. The van der Waals surface area contributed by atoms with Crippen LogP contribution in [-0.4, -0.2) is 12.3 Å². The molecule has 0 aliphatic rings. The molecule has 0 fully saturated rings. The minimum atomic E-state index is -0.763. The first-order valence-corrected chi connectivity index (χ1v) is 4.86. The quantitative estimate of drug-likeness (QED) is 0.781. The molecule has 1 heterocycles. The maximum atomic E-state index is 10.6. The number of hydrogen-bond donors (Lipinski definition) is 0. The van der Waals surface area contributed by atoms with Crippen molar-refractivity contribution in [3.63, 3.8) is 0 Å². The van der Waals surface area contributed by atoms with Crippen molar-refractivity contribution < 1.29 is 13.7 Å². The fourth-order valence-electron chi connectivity index (χ4n) is 1.40. The fraction of sp³-hybridized carbons (Fsp3) is 0.273. The molecule has 0 aliphatic heterocycles. The Kier molecular flexibility index (Phi) is 3.05. The molecule has 2 aromatic rings. The van der Waals surface area contributed by atoms with Crippen molar-refractivity contribution in [1.82, 2.24) is 5.16 Å². The molecule has 16 heavy (non-hydrogen) atoms. The van der Waals surface area contributed by atoms with Crippen LogP contribution in [0.25, 0.3) is 0 Å². The molecule has 1 aromatic heterocycles. The van der Waals surface area contributed by atoms with Gasteiger partial charge in [-0.15, -0.1) is 0 Å². The van der Waals surface area contributed by atoms with E-state index in [1.807, 2.05) is 24.3 Å². The third kappa shape index (κ3) is 2.50. The first kappa shape index (κ1) is 10.5. The first-order chi connectivity index (χ1) is 7.78. The second kappa shape index (κ2) is 4.65. The summed E-state index contributed by atoms with van der Waals surface area (Å²) in [5.41, 5.74) is 1.09. The van der Waals surface area contributed by atoms with Gasteiger partial charge in [-0.25, -0.2) is 4.79 Å². The Balaban J connectivity index is 2.01. The number of nitrogens with zero attached hydrogens (tertiary/aromatic N) is 1. The summed E-state index contributed by atoms with van der Waals surface area (Å²) < 4.78 is 14.1. The van der Waals surface area contributed by atoms with Crippen molar-refractivity contribution >= 4 is 0 Å². The summed E-state index contributed by atoms with van der Waals surface area (Å²) in [6, 6.07) is 7.69. The van der Waals surface area contributed by atoms with E-state index in [1.165, 1.54) is 0 Å². The van der Waals surface area contributed by atoms with E-state index in [0.29, 0.717) is 18.7 Å². The molecular weight excluding hydrogens is 210 g/mol. The number of hydrogen-bond acceptors (Lipinski definition) is 5. The van der Waals surface area contributed by atoms with Crippen LogP contribution < -0.4 is 10.6 Å². The van der Waals surface area contributed by atoms with Gasteiger partial charge in [-0.2, -0.15) is 0 Å². The van der Waals surface area contributed by atoms with Crippen molar-refractivity contribution in [2.45, 2.75) is 12.8 Å². The summed E-state index contributed by atoms with van der Waals surface area (Å²) in [6.07, 6.45) is 1.24. The standard InChI is InChI=1S/C11H11NO4/c1-14-9-4-2-3-8(7-9)5-6-10-12-16-11(13)15-10/h2-4,7H,5-6H2,1H3. The lowest BCUT2D eigenvalue weighted by Gasteiger charge is -2.02. The summed E-state index contributed by atoms with van der Waals surface area (Å²) >= 11 is 0. The molecule has 0 aliphatic carbocycles. The number of benzene rings is 1. The number of aromatic nitrogens is 1. The molecule has 0 N–H and O–H groups in total. The molecule has 1 aromatic carbocycles. The summed E-state index contributed by atoms with van der Waals surface area (Å²) in [5, 5.41) is 3.49. The minimum absolute atomic E-state index is 0.313. The SMILES string of the molecule is COc1cccc(CCc2noc(=O)o2)c1. The van der Waals surface area contributed by atoms with E-state index < -0.39 is 5.82 Å². The molecule has 0 bridgehead atoms. The van der Waals surface area contributed by atoms with Crippen molar-refractivity contribution in [2.75, 3.05) is 7.11 Å². The van der Waals surface area contributed by atoms with Crippen LogP contribution in [0.5, 0.6) is 5.75 Å². The molecule has 0 saturated heterocycles. The zero-order chi connectivity index (χ0) is 11.4. The van der Waals surface area contributed by atoms with Crippen LogP contribution in [0.2, 0.25) is 0 Å². The molecule has 5 nitrogen and oxygen atoms in total. The Bertz CT molecular complexity index is 514. The van der Waals surface area contributed by atoms with E-state index in [1.54, 1.807) is 7.11 Å². The van der Waals surface area contributed by atoms with E-state index in [4.69, 9.17) is 9.15 Å². The normalized spacial score (nSPS) is 10.3. The molecule has 0 saturated carbocycles. The van der Waals surface area contributed by atoms with Crippen LogP contribution >= 0.6 is 0 Å². The smallest absolute Gasteiger partial charge is 0.497 e. The van der Waals surface area contributed by atoms with Crippen LogP contribution in [0.3, 0.4) is 0 Å². The average molecular weight is 221 g/mol. The summed E-state index contributed by atoms with van der Waals surface area (Å²) in [4.78, 5) is 10.6. The van der Waals surface area contributed by atoms with Crippen LogP contribution in [0.4, 0.5) is 0 Å². The summed E-state index contributed by atoms with van der Waals surface area (Å²) in [6.45, 7) is 0. The number of rotatable bonds is 4. The van der Waals surface area contributed by atoms with Crippen LogP contribution in [0, 0.1) is 0 Å². The lowest BCUT2D eigenvalue weighted by Crippen LogP contribution is -1.93. The maximum Gasteiger partial charge on any atom is 0.542 e. The first-order valence-electron chi connectivity index (χ1n) is 4.86. The lowest BCUT2D eigenvalue weighted by molar-refractivity contribution is 0.334. The zero-order valence-corrected chi connectivity index (χ0v) is 8.80. The van der Waals surface area contributed by atoms with Crippen molar-refractivity contribution in [3.8, 4) is 5.75 Å². The highest BCUT2D eigenvalue weighted by Gasteiger charge is 2.04. The van der Waals surface area contributed by atoms with Gasteiger partial charge >= 0.3 is 5.82 Å².